The maximum atomic E-state index is 13.4. The third-order valence-electron chi connectivity index (χ3n) is 6.67. The number of amides is 2. The molecule has 0 bridgehead atoms. The van der Waals surface area contributed by atoms with E-state index in [1.165, 1.54) is 12.0 Å². The number of carbonyl (C=O) groups is 2. The first kappa shape index (κ1) is 26.6. The van der Waals surface area contributed by atoms with Crippen LogP contribution in [0.25, 0.3) is 0 Å². The van der Waals surface area contributed by atoms with Crippen LogP contribution in [0.5, 0.6) is 11.5 Å². The summed E-state index contributed by atoms with van der Waals surface area (Å²) in [6.07, 6.45) is 7.06. The highest BCUT2D eigenvalue weighted by molar-refractivity contribution is 5.87. The minimum Gasteiger partial charge on any atom is -0.497 e. The van der Waals surface area contributed by atoms with Crippen LogP contribution in [0.15, 0.2) is 48.5 Å². The van der Waals surface area contributed by atoms with Crippen molar-refractivity contribution in [1.29, 1.82) is 0 Å². The van der Waals surface area contributed by atoms with Gasteiger partial charge in [0.25, 0.3) is 0 Å². The third-order valence-corrected chi connectivity index (χ3v) is 6.67. The first-order valence-corrected chi connectivity index (χ1v) is 12.9. The lowest BCUT2D eigenvalue weighted by Gasteiger charge is -2.33. The molecule has 0 unspecified atom stereocenters. The van der Waals surface area contributed by atoms with Gasteiger partial charge in [0.1, 0.15) is 17.5 Å². The Kier molecular flexibility index (Phi) is 10.5. The Morgan fingerprint density at radius 3 is 2.29 bits per heavy atom. The molecule has 6 heteroatoms. The van der Waals surface area contributed by atoms with Crippen molar-refractivity contribution in [3.05, 3.63) is 59.7 Å². The van der Waals surface area contributed by atoms with Crippen LogP contribution in [-0.2, 0) is 16.1 Å². The minimum atomic E-state index is -0.496. The van der Waals surface area contributed by atoms with E-state index in [4.69, 9.17) is 9.47 Å². The topological polar surface area (TPSA) is 67.9 Å². The fourth-order valence-electron chi connectivity index (χ4n) is 4.58. The zero-order valence-corrected chi connectivity index (χ0v) is 21.4. The summed E-state index contributed by atoms with van der Waals surface area (Å²) in [5.41, 5.74) is 2.15. The number of methoxy groups -OCH3 is 1. The van der Waals surface area contributed by atoms with Crippen molar-refractivity contribution in [2.24, 2.45) is 0 Å². The smallest absolute Gasteiger partial charge is 0.243 e. The zero-order chi connectivity index (χ0) is 25.0. The van der Waals surface area contributed by atoms with Crippen LogP contribution >= 0.6 is 0 Å². The molecule has 0 aromatic heterocycles. The van der Waals surface area contributed by atoms with Gasteiger partial charge in [-0.15, -0.1) is 0 Å². The van der Waals surface area contributed by atoms with E-state index in [0.717, 1.165) is 42.7 Å². The fraction of sp³-hybridized carbons (Fsp3) is 0.517. The van der Waals surface area contributed by atoms with Crippen molar-refractivity contribution in [2.45, 2.75) is 83.8 Å². The van der Waals surface area contributed by atoms with Crippen LogP contribution in [0.1, 0.15) is 69.4 Å². The highest BCUT2D eigenvalue weighted by Gasteiger charge is 2.30. The van der Waals surface area contributed by atoms with Crippen LogP contribution in [0.2, 0.25) is 0 Å². The number of rotatable bonds is 12. The molecule has 1 aliphatic carbocycles. The van der Waals surface area contributed by atoms with Crippen LogP contribution < -0.4 is 14.8 Å². The molecule has 1 fully saturated rings. The van der Waals surface area contributed by atoms with Crippen molar-refractivity contribution in [3.8, 4) is 11.5 Å². The largest absolute Gasteiger partial charge is 0.497 e. The van der Waals surface area contributed by atoms with Crippen LogP contribution in [0.3, 0.4) is 0 Å². The lowest BCUT2D eigenvalue weighted by Crippen LogP contribution is -2.51. The maximum absolute atomic E-state index is 13.4. The third kappa shape index (κ3) is 8.30. The molecule has 2 amide bonds. The van der Waals surface area contributed by atoms with Crippen LogP contribution in [0, 0.1) is 6.92 Å². The van der Waals surface area contributed by atoms with Crippen LogP contribution in [0.4, 0.5) is 0 Å². The number of aryl methyl sites for hydroxylation is 1. The van der Waals surface area contributed by atoms with Gasteiger partial charge in [0, 0.05) is 19.0 Å². The number of carbonyl (C=O) groups excluding carboxylic acids is 2. The number of ether oxygens (including phenoxy) is 2. The summed E-state index contributed by atoms with van der Waals surface area (Å²) in [5, 5.41) is 3.23. The molecule has 1 aliphatic rings. The monoisotopic (exact) mass is 480 g/mol. The van der Waals surface area contributed by atoms with Gasteiger partial charge < -0.3 is 19.7 Å². The summed E-state index contributed by atoms with van der Waals surface area (Å²) in [4.78, 5) is 28.4. The molecule has 2 aromatic rings. The molecule has 3 rings (SSSR count). The Morgan fingerprint density at radius 1 is 1.00 bits per heavy atom. The number of nitrogens with one attached hydrogen (secondary N) is 1. The standard InChI is InChI=1S/C29H40N2O4/c1-4-27(29(33)30-24-9-6-5-7-10-24)31(21-23-14-18-25(34-3)19-15-23)28(32)11-8-20-35-26-16-12-22(2)13-17-26/h12-19,24,27H,4-11,20-21H2,1-3H3,(H,30,33)/t27-/m1/s1. The zero-order valence-electron chi connectivity index (χ0n) is 21.4. The van der Waals surface area contributed by atoms with Crippen molar-refractivity contribution in [2.75, 3.05) is 13.7 Å². The average Bonchev–Trinajstić information content (AvgIpc) is 2.88. The van der Waals surface area contributed by atoms with E-state index < -0.39 is 6.04 Å². The van der Waals surface area contributed by atoms with Gasteiger partial charge >= 0.3 is 0 Å². The van der Waals surface area contributed by atoms with Gasteiger partial charge in [-0.1, -0.05) is 56.0 Å². The number of hydrogen-bond donors (Lipinski definition) is 1. The quantitative estimate of drug-likeness (QED) is 0.412. The normalized spacial score (nSPS) is 14.7. The number of benzene rings is 2. The summed E-state index contributed by atoms with van der Waals surface area (Å²) in [6, 6.07) is 15.3. The molecule has 1 N–H and O–H groups in total. The van der Waals surface area contributed by atoms with Crippen LogP contribution in [-0.4, -0.2) is 42.5 Å². The molecular weight excluding hydrogens is 440 g/mol. The van der Waals surface area contributed by atoms with Gasteiger partial charge in [-0.2, -0.15) is 0 Å². The van der Waals surface area contributed by atoms with Gasteiger partial charge in [-0.3, -0.25) is 9.59 Å². The van der Waals surface area contributed by atoms with Crippen molar-refractivity contribution in [3.63, 3.8) is 0 Å². The maximum Gasteiger partial charge on any atom is 0.243 e. The molecule has 6 nitrogen and oxygen atoms in total. The van der Waals surface area contributed by atoms with Gasteiger partial charge in [0.15, 0.2) is 0 Å². The predicted molar refractivity (Wildman–Crippen MR) is 139 cm³/mol. The predicted octanol–water partition coefficient (Wildman–Crippen LogP) is 5.42. The summed E-state index contributed by atoms with van der Waals surface area (Å²) in [7, 11) is 1.63. The highest BCUT2D eigenvalue weighted by Crippen LogP contribution is 2.20. The molecular formula is C29H40N2O4. The Bertz CT molecular complexity index is 921. The summed E-state index contributed by atoms with van der Waals surface area (Å²) in [6.45, 7) is 4.85. The Balaban J connectivity index is 1.65. The van der Waals surface area contributed by atoms with Crippen molar-refractivity contribution >= 4 is 11.8 Å². The molecule has 1 atom stereocenters. The Morgan fingerprint density at radius 2 is 1.66 bits per heavy atom. The Hall–Kier alpha value is -3.02. The fourth-order valence-corrected chi connectivity index (χ4v) is 4.58. The molecule has 2 aromatic carbocycles. The molecule has 0 saturated heterocycles. The summed E-state index contributed by atoms with van der Waals surface area (Å²) < 4.78 is 11.1. The van der Waals surface area contributed by atoms with Crippen molar-refractivity contribution < 1.29 is 19.1 Å². The molecule has 0 radical (unpaired) electrons. The lowest BCUT2D eigenvalue weighted by molar-refractivity contribution is -0.142. The molecule has 35 heavy (non-hydrogen) atoms. The second kappa shape index (κ2) is 13.8. The summed E-state index contributed by atoms with van der Waals surface area (Å²) >= 11 is 0. The second-order valence-electron chi connectivity index (χ2n) is 9.40. The van der Waals surface area contributed by atoms with E-state index >= 15 is 0 Å². The first-order valence-electron chi connectivity index (χ1n) is 12.9. The van der Waals surface area contributed by atoms with E-state index in [0.29, 0.717) is 32.4 Å². The molecule has 0 spiro atoms. The number of hydrogen-bond acceptors (Lipinski definition) is 4. The average molecular weight is 481 g/mol. The number of nitrogens with zero attached hydrogens (tertiary/aromatic N) is 1. The SMILES string of the molecule is CC[C@H](C(=O)NC1CCCCC1)N(Cc1ccc(OC)cc1)C(=O)CCCOc1ccc(C)cc1. The van der Waals surface area contributed by atoms with E-state index in [1.54, 1.807) is 12.0 Å². The van der Waals surface area contributed by atoms with Gasteiger partial charge in [-0.25, -0.2) is 0 Å². The second-order valence-corrected chi connectivity index (χ2v) is 9.40. The van der Waals surface area contributed by atoms with E-state index in [9.17, 15) is 9.59 Å². The molecule has 0 heterocycles. The molecule has 190 valence electrons. The minimum absolute atomic E-state index is 0.0287. The van der Waals surface area contributed by atoms with Gasteiger partial charge in [0.2, 0.25) is 11.8 Å². The van der Waals surface area contributed by atoms with Gasteiger partial charge in [0.05, 0.1) is 13.7 Å². The Labute approximate surface area is 210 Å². The van der Waals surface area contributed by atoms with E-state index in [2.05, 4.69) is 5.32 Å². The summed E-state index contributed by atoms with van der Waals surface area (Å²) in [5.74, 6) is 1.49. The van der Waals surface area contributed by atoms with Crippen molar-refractivity contribution in [1.82, 2.24) is 10.2 Å². The van der Waals surface area contributed by atoms with E-state index in [-0.39, 0.29) is 17.9 Å². The van der Waals surface area contributed by atoms with E-state index in [1.807, 2.05) is 62.4 Å². The molecule has 0 aliphatic heterocycles. The molecule has 1 saturated carbocycles. The first-order chi connectivity index (χ1) is 17.0. The highest BCUT2D eigenvalue weighted by atomic mass is 16.5. The lowest BCUT2D eigenvalue weighted by atomic mass is 9.95. The van der Waals surface area contributed by atoms with Gasteiger partial charge in [-0.05, 0) is 62.4 Å².